The number of carbonyl (C=O) groups is 2. The summed E-state index contributed by atoms with van der Waals surface area (Å²) in [6, 6.07) is 19.7. The molecule has 5 nitrogen and oxygen atoms in total. The summed E-state index contributed by atoms with van der Waals surface area (Å²) in [5.41, 5.74) is 8.87. The van der Waals surface area contributed by atoms with Gasteiger partial charge in [0, 0.05) is 44.3 Å². The Morgan fingerprint density at radius 3 is 1.65 bits per heavy atom. The highest BCUT2D eigenvalue weighted by Gasteiger charge is 2.36. The quantitative estimate of drug-likeness (QED) is 0.310. The van der Waals surface area contributed by atoms with Crippen LogP contribution in [0.25, 0.3) is 0 Å². The van der Waals surface area contributed by atoms with Crippen LogP contribution < -0.4 is 16.0 Å². The maximum Gasteiger partial charge on any atom is 0.254 e. The van der Waals surface area contributed by atoms with E-state index in [-0.39, 0.29) is 11.8 Å². The molecule has 0 aliphatic carbocycles. The number of aryl methyl sites for hydroxylation is 4. The number of nitrogens with one attached hydrogen (secondary N) is 3. The molecule has 3 N–H and O–H groups in total. The second-order valence-electron chi connectivity index (χ2n) is 9.74. The Balaban J connectivity index is 1.79. The molecule has 0 unspecified atom stereocenters. The fourth-order valence-electron chi connectivity index (χ4n) is 4.74. The molecular formula is C31H32BrN3O2. The monoisotopic (exact) mass is 557 g/mol. The van der Waals surface area contributed by atoms with Gasteiger partial charge in [-0.25, -0.2) is 0 Å². The van der Waals surface area contributed by atoms with Crippen molar-refractivity contribution in [1.82, 2.24) is 5.32 Å². The predicted molar refractivity (Wildman–Crippen MR) is 155 cm³/mol. The van der Waals surface area contributed by atoms with Crippen molar-refractivity contribution in [3.05, 3.63) is 115 Å². The molecule has 190 valence electrons. The molecule has 2 amide bonds. The van der Waals surface area contributed by atoms with Crippen LogP contribution in [-0.4, -0.2) is 11.8 Å². The molecule has 0 fully saturated rings. The Morgan fingerprint density at radius 1 is 0.703 bits per heavy atom. The molecule has 0 spiro atoms. The maximum absolute atomic E-state index is 13.9. The summed E-state index contributed by atoms with van der Waals surface area (Å²) in [6.45, 7) is 11.7. The number of benzene rings is 3. The first-order chi connectivity index (χ1) is 17.5. The second-order valence-corrected chi connectivity index (χ2v) is 10.7. The van der Waals surface area contributed by atoms with Crippen LogP contribution in [0.4, 0.5) is 11.4 Å². The van der Waals surface area contributed by atoms with Crippen LogP contribution in [0.1, 0.15) is 47.6 Å². The number of amides is 2. The van der Waals surface area contributed by atoms with Crippen molar-refractivity contribution < 1.29 is 9.59 Å². The summed E-state index contributed by atoms with van der Waals surface area (Å²) in [4.78, 5) is 27.7. The maximum atomic E-state index is 13.9. The minimum absolute atomic E-state index is 0.242. The average Bonchev–Trinajstić information content (AvgIpc) is 2.83. The van der Waals surface area contributed by atoms with E-state index >= 15 is 0 Å². The van der Waals surface area contributed by atoms with Crippen molar-refractivity contribution in [1.29, 1.82) is 0 Å². The van der Waals surface area contributed by atoms with Crippen LogP contribution in [-0.2, 0) is 9.59 Å². The topological polar surface area (TPSA) is 70.2 Å². The normalized spacial score (nSPS) is 13.9. The Morgan fingerprint density at radius 2 is 1.19 bits per heavy atom. The molecule has 0 saturated heterocycles. The van der Waals surface area contributed by atoms with Gasteiger partial charge in [0.15, 0.2) is 0 Å². The van der Waals surface area contributed by atoms with Crippen LogP contribution in [0.2, 0.25) is 0 Å². The number of allylic oxidation sites excluding steroid dienone is 2. The first kappa shape index (κ1) is 26.4. The zero-order valence-electron chi connectivity index (χ0n) is 22.0. The fraction of sp³-hybridized carbons (Fsp3) is 0.226. The van der Waals surface area contributed by atoms with Crippen LogP contribution in [0.3, 0.4) is 0 Å². The number of carbonyl (C=O) groups excluding carboxylic acids is 2. The molecule has 0 saturated carbocycles. The van der Waals surface area contributed by atoms with Gasteiger partial charge < -0.3 is 16.0 Å². The number of halogens is 1. The number of dihydropyridines is 1. The molecule has 1 aliphatic rings. The summed E-state index contributed by atoms with van der Waals surface area (Å²) >= 11 is 3.57. The van der Waals surface area contributed by atoms with Crippen LogP contribution in [0, 0.1) is 27.7 Å². The fourth-order valence-corrected chi connectivity index (χ4v) is 5.15. The van der Waals surface area contributed by atoms with Crippen LogP contribution in [0.15, 0.2) is 87.7 Å². The zero-order chi connectivity index (χ0) is 26.9. The van der Waals surface area contributed by atoms with Gasteiger partial charge >= 0.3 is 0 Å². The molecule has 1 aliphatic heterocycles. The molecule has 37 heavy (non-hydrogen) atoms. The smallest absolute Gasteiger partial charge is 0.254 e. The standard InChI is InChI=1S/C31H32BrN3O2/c1-17-10-12-19(3)25(14-17)34-30(36)27-21(5)33-22(6)28(29(27)23-8-7-9-24(32)16-23)31(37)35-26-15-18(2)11-13-20(26)4/h7-16,29,33H,1-6H3,(H,34,36)(H,35,37). The number of hydrogen-bond acceptors (Lipinski definition) is 3. The first-order valence-corrected chi connectivity index (χ1v) is 13.1. The first-order valence-electron chi connectivity index (χ1n) is 12.3. The van der Waals surface area contributed by atoms with Crippen molar-refractivity contribution in [3.63, 3.8) is 0 Å². The lowest BCUT2D eigenvalue weighted by atomic mass is 9.79. The lowest BCUT2D eigenvalue weighted by Gasteiger charge is -2.32. The zero-order valence-corrected chi connectivity index (χ0v) is 23.6. The summed E-state index contributed by atoms with van der Waals surface area (Å²) in [7, 11) is 0. The molecular weight excluding hydrogens is 526 g/mol. The Hall–Kier alpha value is -3.64. The van der Waals surface area contributed by atoms with Gasteiger partial charge in [0.25, 0.3) is 11.8 Å². The minimum Gasteiger partial charge on any atom is -0.362 e. The van der Waals surface area contributed by atoms with Gasteiger partial charge in [-0.1, -0.05) is 52.3 Å². The summed E-state index contributed by atoms with van der Waals surface area (Å²) in [5, 5.41) is 9.51. The summed E-state index contributed by atoms with van der Waals surface area (Å²) < 4.78 is 0.877. The van der Waals surface area contributed by atoms with Crippen molar-refractivity contribution in [3.8, 4) is 0 Å². The molecule has 0 radical (unpaired) electrons. The van der Waals surface area contributed by atoms with E-state index < -0.39 is 5.92 Å². The number of anilines is 2. The van der Waals surface area contributed by atoms with Gasteiger partial charge in [-0.2, -0.15) is 0 Å². The lowest BCUT2D eigenvalue weighted by Crippen LogP contribution is -2.35. The highest BCUT2D eigenvalue weighted by atomic mass is 79.9. The Labute approximate surface area is 227 Å². The molecule has 0 atom stereocenters. The summed E-state index contributed by atoms with van der Waals surface area (Å²) in [6.07, 6.45) is 0. The van der Waals surface area contributed by atoms with Gasteiger partial charge in [0.2, 0.25) is 0 Å². The van der Waals surface area contributed by atoms with E-state index in [1.54, 1.807) is 0 Å². The molecule has 3 aromatic rings. The Bertz CT molecular complexity index is 1380. The van der Waals surface area contributed by atoms with Crippen molar-refractivity contribution in [2.45, 2.75) is 47.5 Å². The molecule has 1 heterocycles. The summed E-state index contributed by atoms with van der Waals surface area (Å²) in [5.74, 6) is -1.05. The third-order valence-corrected chi connectivity index (χ3v) is 7.21. The van der Waals surface area contributed by atoms with Crippen molar-refractivity contribution in [2.24, 2.45) is 0 Å². The predicted octanol–water partition coefficient (Wildman–Crippen LogP) is 7.19. The van der Waals surface area contributed by atoms with Crippen molar-refractivity contribution in [2.75, 3.05) is 10.6 Å². The average molecular weight is 559 g/mol. The highest BCUT2D eigenvalue weighted by Crippen LogP contribution is 2.40. The molecule has 6 heteroatoms. The van der Waals surface area contributed by atoms with Crippen LogP contribution >= 0.6 is 15.9 Å². The van der Waals surface area contributed by atoms with Gasteiger partial charge in [0.05, 0.1) is 0 Å². The van der Waals surface area contributed by atoms with E-state index in [4.69, 9.17) is 0 Å². The van der Waals surface area contributed by atoms with Gasteiger partial charge in [-0.05, 0) is 93.6 Å². The van der Waals surface area contributed by atoms with E-state index in [0.717, 1.165) is 43.7 Å². The van der Waals surface area contributed by atoms with Gasteiger partial charge in [0.1, 0.15) is 0 Å². The largest absolute Gasteiger partial charge is 0.362 e. The minimum atomic E-state index is -0.561. The van der Waals surface area contributed by atoms with E-state index in [2.05, 4.69) is 31.9 Å². The second kappa shape index (κ2) is 10.8. The lowest BCUT2D eigenvalue weighted by molar-refractivity contribution is -0.113. The van der Waals surface area contributed by atoms with Crippen molar-refractivity contribution >= 4 is 39.1 Å². The molecule has 3 aromatic carbocycles. The highest BCUT2D eigenvalue weighted by molar-refractivity contribution is 9.10. The molecule has 0 bridgehead atoms. The number of hydrogen-bond donors (Lipinski definition) is 3. The third-order valence-electron chi connectivity index (χ3n) is 6.71. The van der Waals surface area contributed by atoms with Gasteiger partial charge in [-0.15, -0.1) is 0 Å². The third kappa shape index (κ3) is 5.70. The molecule has 0 aromatic heterocycles. The SMILES string of the molecule is CC1=C(C(=O)Nc2cc(C)ccc2C)C(c2cccc(Br)c2)C(C(=O)Nc2cc(C)ccc2C)=C(C)N1. The Kier molecular flexibility index (Phi) is 7.69. The van der Waals surface area contributed by atoms with E-state index in [9.17, 15) is 9.59 Å². The number of rotatable bonds is 5. The van der Waals surface area contributed by atoms with E-state index in [0.29, 0.717) is 22.5 Å². The van der Waals surface area contributed by atoms with E-state index in [1.807, 2.05) is 102 Å². The van der Waals surface area contributed by atoms with Crippen LogP contribution in [0.5, 0.6) is 0 Å². The molecule has 4 rings (SSSR count). The van der Waals surface area contributed by atoms with E-state index in [1.165, 1.54) is 0 Å². The van der Waals surface area contributed by atoms with Gasteiger partial charge in [-0.3, -0.25) is 9.59 Å².